The first-order valence-electron chi connectivity index (χ1n) is 5.53. The van der Waals surface area contributed by atoms with Crippen LogP contribution in [0.5, 0.6) is 0 Å². The minimum Gasteiger partial charge on any atom is -0.462 e. The molecule has 0 unspecified atom stereocenters. The summed E-state index contributed by atoms with van der Waals surface area (Å²) in [6.45, 7) is 1.40. The van der Waals surface area contributed by atoms with Gasteiger partial charge < -0.3 is 4.74 Å². The van der Waals surface area contributed by atoms with Gasteiger partial charge in [0.2, 0.25) is 5.95 Å². The molecule has 0 aliphatic rings. The van der Waals surface area contributed by atoms with E-state index in [2.05, 4.69) is 40.6 Å². The lowest BCUT2D eigenvalue weighted by atomic mass is 10.2. The maximum atomic E-state index is 12.9. The molecule has 0 aliphatic carbocycles. The number of halogens is 3. The molecule has 12 heteroatoms. The Hall–Kier alpha value is -2.79. The van der Waals surface area contributed by atoms with Gasteiger partial charge in [-0.05, 0) is 12.1 Å². The summed E-state index contributed by atoms with van der Waals surface area (Å²) < 4.78 is 43.3. The zero-order valence-electron chi connectivity index (χ0n) is 10.5. The number of ether oxygens (including phenoxy) is 1. The number of esters is 1. The van der Waals surface area contributed by atoms with Crippen molar-refractivity contribution in [3.63, 3.8) is 0 Å². The minimum absolute atomic E-state index is 0.0704. The van der Waals surface area contributed by atoms with Crippen LogP contribution in [0.4, 0.5) is 25.1 Å². The van der Waals surface area contributed by atoms with E-state index < -0.39 is 29.4 Å². The predicted molar refractivity (Wildman–Crippen MR) is 60.5 cm³/mol. The fourth-order valence-electron chi connectivity index (χ4n) is 1.33. The van der Waals surface area contributed by atoms with Crippen molar-refractivity contribution < 1.29 is 22.7 Å². The molecule has 0 bridgehead atoms. The van der Waals surface area contributed by atoms with Crippen LogP contribution in [-0.2, 0) is 10.9 Å². The highest BCUT2D eigenvalue weighted by molar-refractivity contribution is 5.90. The van der Waals surface area contributed by atoms with E-state index in [1.807, 2.05) is 0 Å². The molecule has 0 aliphatic heterocycles. The molecule has 0 atom stereocenters. The topological polar surface area (TPSA) is 119 Å². The Morgan fingerprint density at radius 1 is 1.43 bits per heavy atom. The van der Waals surface area contributed by atoms with E-state index in [4.69, 9.17) is 0 Å². The van der Waals surface area contributed by atoms with Gasteiger partial charge in [-0.1, -0.05) is 5.10 Å². The number of carbonyl (C=O) groups excluding carboxylic acids is 1. The molecule has 2 aromatic heterocycles. The number of alkyl halides is 3. The quantitative estimate of drug-likeness (QED) is 0.801. The first-order chi connectivity index (χ1) is 9.91. The molecule has 2 N–H and O–H groups in total. The van der Waals surface area contributed by atoms with Gasteiger partial charge in [0.05, 0.1) is 6.61 Å². The van der Waals surface area contributed by atoms with Gasteiger partial charge in [-0.15, -0.1) is 5.10 Å². The van der Waals surface area contributed by atoms with Crippen LogP contribution in [0.1, 0.15) is 23.0 Å². The summed E-state index contributed by atoms with van der Waals surface area (Å²) in [5.74, 6) is -1.71. The Labute approximate surface area is 114 Å². The fourth-order valence-corrected chi connectivity index (χ4v) is 1.33. The molecule has 21 heavy (non-hydrogen) atoms. The van der Waals surface area contributed by atoms with Gasteiger partial charge in [0, 0.05) is 6.20 Å². The summed E-state index contributed by atoms with van der Waals surface area (Å²) in [4.78, 5) is 18.3. The van der Waals surface area contributed by atoms with Gasteiger partial charge in [0.15, 0.2) is 5.69 Å². The summed E-state index contributed by atoms with van der Waals surface area (Å²) in [5, 5.41) is 14.6. The third-order valence-corrected chi connectivity index (χ3v) is 2.12. The van der Waals surface area contributed by atoms with Crippen LogP contribution in [0.2, 0.25) is 0 Å². The normalized spacial score (nSPS) is 11.2. The van der Waals surface area contributed by atoms with E-state index in [0.717, 1.165) is 6.20 Å². The highest BCUT2D eigenvalue weighted by Gasteiger charge is 2.38. The van der Waals surface area contributed by atoms with Gasteiger partial charge in [-0.2, -0.15) is 18.4 Å². The van der Waals surface area contributed by atoms with Crippen LogP contribution >= 0.6 is 0 Å². The van der Waals surface area contributed by atoms with E-state index in [0.29, 0.717) is 0 Å². The molecule has 0 fully saturated rings. The molecule has 112 valence electrons. The number of nitrogens with zero attached hydrogens (tertiary/aromatic N) is 5. The molecular weight excluding hydrogens is 295 g/mol. The van der Waals surface area contributed by atoms with Crippen LogP contribution in [-0.4, -0.2) is 43.2 Å². The number of nitrogens with one attached hydrogen (secondary N) is 2. The second-order valence-corrected chi connectivity index (χ2v) is 3.53. The average molecular weight is 303 g/mol. The molecule has 0 saturated heterocycles. The molecule has 0 saturated carbocycles. The maximum Gasteiger partial charge on any atom is 0.434 e. The predicted octanol–water partition coefficient (Wildman–Crippen LogP) is 0.929. The van der Waals surface area contributed by atoms with Crippen molar-refractivity contribution in [3.05, 3.63) is 17.5 Å². The van der Waals surface area contributed by atoms with Crippen molar-refractivity contribution in [3.8, 4) is 0 Å². The Bertz CT molecular complexity index is 629. The number of anilines is 2. The molecule has 0 amide bonds. The maximum absolute atomic E-state index is 12.9. The zero-order chi connectivity index (χ0) is 15.5. The highest BCUT2D eigenvalue weighted by Crippen LogP contribution is 2.31. The van der Waals surface area contributed by atoms with Crippen molar-refractivity contribution in [1.29, 1.82) is 0 Å². The molecule has 2 aromatic rings. The summed E-state index contributed by atoms with van der Waals surface area (Å²) in [7, 11) is 0. The number of H-pyrrole nitrogens is 1. The van der Waals surface area contributed by atoms with E-state index in [1.54, 1.807) is 0 Å². The monoisotopic (exact) mass is 303 g/mol. The van der Waals surface area contributed by atoms with Crippen molar-refractivity contribution in [1.82, 2.24) is 30.6 Å². The lowest BCUT2D eigenvalue weighted by Gasteiger charge is -2.11. The zero-order valence-corrected chi connectivity index (χ0v) is 10.5. The molecule has 2 rings (SSSR count). The first-order valence-corrected chi connectivity index (χ1v) is 5.53. The van der Waals surface area contributed by atoms with Crippen molar-refractivity contribution in [2.24, 2.45) is 0 Å². The molecular formula is C9H8F3N7O2. The summed E-state index contributed by atoms with van der Waals surface area (Å²) in [6.07, 6.45) is -4.13. The van der Waals surface area contributed by atoms with Crippen LogP contribution in [0.25, 0.3) is 0 Å². The third kappa shape index (κ3) is 3.40. The van der Waals surface area contributed by atoms with Gasteiger partial charge in [0.1, 0.15) is 5.56 Å². The third-order valence-electron chi connectivity index (χ3n) is 2.12. The lowest BCUT2D eigenvalue weighted by molar-refractivity contribution is -0.141. The molecule has 9 nitrogen and oxygen atoms in total. The van der Waals surface area contributed by atoms with Gasteiger partial charge in [-0.25, -0.2) is 14.8 Å². The fraction of sp³-hybridized carbons (Fsp3) is 0.333. The average Bonchev–Trinajstić information content (AvgIpc) is 2.91. The number of aromatic nitrogens is 6. The van der Waals surface area contributed by atoms with E-state index in [-0.39, 0.29) is 12.6 Å². The Morgan fingerprint density at radius 2 is 2.19 bits per heavy atom. The summed E-state index contributed by atoms with van der Waals surface area (Å²) >= 11 is 0. The number of carbonyl (C=O) groups is 1. The second kappa shape index (κ2) is 5.68. The highest BCUT2D eigenvalue weighted by atomic mass is 19.4. The summed E-state index contributed by atoms with van der Waals surface area (Å²) in [5.41, 5.74) is -2.19. The number of hydrogen-bond acceptors (Lipinski definition) is 8. The van der Waals surface area contributed by atoms with Crippen molar-refractivity contribution >= 4 is 17.9 Å². The van der Waals surface area contributed by atoms with Crippen LogP contribution in [0.15, 0.2) is 6.20 Å². The number of rotatable bonds is 4. The van der Waals surface area contributed by atoms with E-state index in [9.17, 15) is 18.0 Å². The largest absolute Gasteiger partial charge is 0.462 e. The SMILES string of the molecule is CCOC(=O)c1cnc(Nc2nn[nH]n2)nc1C(F)(F)F. The molecule has 2 heterocycles. The second-order valence-electron chi connectivity index (χ2n) is 3.53. The molecule has 0 aromatic carbocycles. The van der Waals surface area contributed by atoms with E-state index >= 15 is 0 Å². The van der Waals surface area contributed by atoms with E-state index in [1.165, 1.54) is 6.92 Å². The summed E-state index contributed by atoms with van der Waals surface area (Å²) in [6, 6.07) is 0. The number of hydrogen-bond donors (Lipinski definition) is 2. The Kier molecular flexibility index (Phi) is 3.95. The number of tetrazole rings is 1. The number of aromatic amines is 1. The van der Waals surface area contributed by atoms with Gasteiger partial charge in [0.25, 0.3) is 5.95 Å². The first kappa shape index (κ1) is 14.6. The Morgan fingerprint density at radius 3 is 2.76 bits per heavy atom. The van der Waals surface area contributed by atoms with Gasteiger partial charge in [-0.3, -0.25) is 5.32 Å². The molecule has 0 spiro atoms. The van der Waals surface area contributed by atoms with Crippen LogP contribution in [0.3, 0.4) is 0 Å². The molecule has 0 radical (unpaired) electrons. The van der Waals surface area contributed by atoms with Crippen LogP contribution < -0.4 is 5.32 Å². The van der Waals surface area contributed by atoms with Crippen LogP contribution in [0, 0.1) is 0 Å². The smallest absolute Gasteiger partial charge is 0.434 e. The van der Waals surface area contributed by atoms with Crippen molar-refractivity contribution in [2.45, 2.75) is 13.1 Å². The standard InChI is InChI=1S/C9H8F3N7O2/c1-2-21-6(20)4-3-13-7(14-5(4)9(10,11)12)15-8-16-18-19-17-8/h3H,2H2,1H3,(H2,13,14,15,16,17,18,19). The van der Waals surface area contributed by atoms with Crippen molar-refractivity contribution in [2.75, 3.05) is 11.9 Å². The van der Waals surface area contributed by atoms with Gasteiger partial charge >= 0.3 is 12.1 Å². The minimum atomic E-state index is -4.85. The lowest BCUT2D eigenvalue weighted by Crippen LogP contribution is -2.19. The Balaban J connectivity index is 2.37.